The van der Waals surface area contributed by atoms with Gasteiger partial charge in [-0.05, 0) is 18.9 Å². The minimum absolute atomic E-state index is 0.0612. The molecule has 3 rings (SSSR count). The molecule has 7 heteroatoms. The molecule has 0 radical (unpaired) electrons. The van der Waals surface area contributed by atoms with Crippen LogP contribution in [-0.4, -0.2) is 85.8 Å². The van der Waals surface area contributed by atoms with E-state index in [0.717, 1.165) is 32.7 Å². The molecule has 1 unspecified atom stereocenters. The summed E-state index contributed by atoms with van der Waals surface area (Å²) < 4.78 is 23.4. The predicted octanol–water partition coefficient (Wildman–Crippen LogP) is 0.840. The lowest BCUT2D eigenvalue weighted by atomic mass is 10.2. The second-order valence-corrected chi connectivity index (χ2v) is 9.50. The molecule has 0 N–H and O–H groups in total. The first-order valence-electron chi connectivity index (χ1n) is 9.45. The second kappa shape index (κ2) is 8.50. The van der Waals surface area contributed by atoms with Crippen LogP contribution in [0.1, 0.15) is 18.9 Å². The van der Waals surface area contributed by atoms with E-state index in [4.69, 9.17) is 0 Å². The largest absolute Gasteiger partial charge is 0.338 e. The minimum Gasteiger partial charge on any atom is -0.338 e. The average molecular weight is 380 g/mol. The van der Waals surface area contributed by atoms with E-state index in [1.165, 1.54) is 5.56 Å². The van der Waals surface area contributed by atoms with Gasteiger partial charge in [0.05, 0.1) is 18.1 Å². The van der Waals surface area contributed by atoms with Crippen molar-refractivity contribution in [2.24, 2.45) is 0 Å². The van der Waals surface area contributed by atoms with Gasteiger partial charge in [-0.1, -0.05) is 30.3 Å². The van der Waals surface area contributed by atoms with Crippen LogP contribution in [0.5, 0.6) is 0 Å². The molecule has 1 aromatic carbocycles. The van der Waals surface area contributed by atoms with Crippen LogP contribution >= 0.6 is 0 Å². The first-order valence-corrected chi connectivity index (χ1v) is 11.3. The van der Waals surface area contributed by atoms with Crippen molar-refractivity contribution in [2.45, 2.75) is 25.9 Å². The number of sulfone groups is 1. The van der Waals surface area contributed by atoms with Crippen molar-refractivity contribution in [1.82, 2.24) is 14.7 Å². The molecule has 2 aliphatic rings. The fraction of sp³-hybridized carbons (Fsp3) is 0.632. The van der Waals surface area contributed by atoms with Gasteiger partial charge in [-0.2, -0.15) is 0 Å². The second-order valence-electron chi connectivity index (χ2n) is 7.27. The van der Waals surface area contributed by atoms with Gasteiger partial charge in [0.2, 0.25) is 5.91 Å². The van der Waals surface area contributed by atoms with Gasteiger partial charge in [-0.3, -0.25) is 14.6 Å². The molecule has 2 saturated heterocycles. The van der Waals surface area contributed by atoms with Crippen molar-refractivity contribution in [3.63, 3.8) is 0 Å². The lowest BCUT2D eigenvalue weighted by Gasteiger charge is -2.36. The van der Waals surface area contributed by atoms with Crippen molar-refractivity contribution in [1.29, 1.82) is 0 Å². The fourth-order valence-electron chi connectivity index (χ4n) is 3.89. The summed E-state index contributed by atoms with van der Waals surface area (Å²) in [7, 11) is -2.97. The van der Waals surface area contributed by atoms with Crippen LogP contribution in [0, 0.1) is 0 Å². The van der Waals surface area contributed by atoms with Crippen molar-refractivity contribution in [3.8, 4) is 0 Å². The molecule has 0 aromatic heterocycles. The Morgan fingerprint density at radius 2 is 1.77 bits per heavy atom. The molecule has 26 heavy (non-hydrogen) atoms. The number of likely N-dealkylation sites (N-methyl/N-ethyl adjacent to an activating group) is 1. The monoisotopic (exact) mass is 379 g/mol. The van der Waals surface area contributed by atoms with Gasteiger partial charge >= 0.3 is 0 Å². The van der Waals surface area contributed by atoms with Gasteiger partial charge in [-0.15, -0.1) is 0 Å². The van der Waals surface area contributed by atoms with Crippen LogP contribution in [0.15, 0.2) is 30.3 Å². The van der Waals surface area contributed by atoms with E-state index in [0.29, 0.717) is 19.5 Å². The maximum atomic E-state index is 12.7. The summed E-state index contributed by atoms with van der Waals surface area (Å²) >= 11 is 0. The van der Waals surface area contributed by atoms with E-state index in [9.17, 15) is 13.2 Å². The Bertz CT molecular complexity index is 700. The highest BCUT2D eigenvalue weighted by atomic mass is 32.2. The SMILES string of the molecule is CCN(C(=O)CN1CCN(Cc2ccccc2)CC1)C1CCS(=O)(=O)C1. The molecule has 0 aliphatic carbocycles. The van der Waals surface area contributed by atoms with Crippen molar-refractivity contribution in [2.75, 3.05) is 50.8 Å². The third kappa shape index (κ3) is 5.05. The van der Waals surface area contributed by atoms with E-state index in [2.05, 4.69) is 34.1 Å². The third-order valence-electron chi connectivity index (χ3n) is 5.38. The smallest absolute Gasteiger partial charge is 0.237 e. The maximum absolute atomic E-state index is 12.7. The molecule has 2 fully saturated rings. The summed E-state index contributed by atoms with van der Waals surface area (Å²) in [5.74, 6) is 0.392. The normalized spacial score (nSPS) is 23.8. The molecule has 1 aromatic rings. The lowest BCUT2D eigenvalue weighted by molar-refractivity contribution is -0.134. The van der Waals surface area contributed by atoms with Gasteiger partial charge in [0, 0.05) is 45.3 Å². The number of nitrogens with zero attached hydrogens (tertiary/aromatic N) is 3. The van der Waals surface area contributed by atoms with Crippen LogP contribution in [0.2, 0.25) is 0 Å². The van der Waals surface area contributed by atoms with Crippen molar-refractivity contribution in [3.05, 3.63) is 35.9 Å². The average Bonchev–Trinajstić information content (AvgIpc) is 2.98. The van der Waals surface area contributed by atoms with Gasteiger partial charge in [0.1, 0.15) is 0 Å². The van der Waals surface area contributed by atoms with E-state index in [1.807, 2.05) is 13.0 Å². The van der Waals surface area contributed by atoms with Crippen LogP contribution in [0.3, 0.4) is 0 Å². The highest BCUT2D eigenvalue weighted by Crippen LogP contribution is 2.18. The Labute approximate surface area is 156 Å². The zero-order valence-electron chi connectivity index (χ0n) is 15.5. The van der Waals surface area contributed by atoms with Gasteiger partial charge in [-0.25, -0.2) is 8.42 Å². The number of hydrogen-bond acceptors (Lipinski definition) is 5. The maximum Gasteiger partial charge on any atom is 0.237 e. The van der Waals surface area contributed by atoms with Gasteiger partial charge in [0.25, 0.3) is 0 Å². The van der Waals surface area contributed by atoms with E-state index < -0.39 is 9.84 Å². The molecule has 2 aliphatic heterocycles. The van der Waals surface area contributed by atoms with Gasteiger partial charge < -0.3 is 4.90 Å². The number of hydrogen-bond donors (Lipinski definition) is 0. The van der Waals surface area contributed by atoms with E-state index in [-0.39, 0.29) is 23.5 Å². The van der Waals surface area contributed by atoms with Crippen molar-refractivity contribution >= 4 is 15.7 Å². The molecular formula is C19H29N3O3S. The number of piperazine rings is 1. The zero-order valence-corrected chi connectivity index (χ0v) is 16.3. The Balaban J connectivity index is 1.46. The van der Waals surface area contributed by atoms with Crippen molar-refractivity contribution < 1.29 is 13.2 Å². The topological polar surface area (TPSA) is 60.9 Å². The molecule has 0 spiro atoms. The Morgan fingerprint density at radius 3 is 2.35 bits per heavy atom. The number of carbonyl (C=O) groups is 1. The summed E-state index contributed by atoms with van der Waals surface area (Å²) in [6, 6.07) is 10.3. The Morgan fingerprint density at radius 1 is 1.12 bits per heavy atom. The van der Waals surface area contributed by atoms with Crippen LogP contribution in [0.25, 0.3) is 0 Å². The molecule has 1 atom stereocenters. The molecule has 2 heterocycles. The van der Waals surface area contributed by atoms with E-state index in [1.54, 1.807) is 4.90 Å². The first-order chi connectivity index (χ1) is 12.5. The number of carbonyl (C=O) groups excluding carboxylic acids is 1. The van der Waals surface area contributed by atoms with Crippen LogP contribution in [0.4, 0.5) is 0 Å². The van der Waals surface area contributed by atoms with Gasteiger partial charge in [0.15, 0.2) is 9.84 Å². The van der Waals surface area contributed by atoms with E-state index >= 15 is 0 Å². The summed E-state index contributed by atoms with van der Waals surface area (Å²) in [6.45, 7) is 7.50. The first kappa shape index (κ1) is 19.3. The number of benzene rings is 1. The standard InChI is InChI=1S/C19H29N3O3S/c1-2-22(18-8-13-26(24,25)16-18)19(23)15-21-11-9-20(10-12-21)14-17-6-4-3-5-7-17/h3-7,18H,2,8-16H2,1H3. The Kier molecular flexibility index (Phi) is 6.32. The predicted molar refractivity (Wildman–Crippen MR) is 103 cm³/mol. The summed E-state index contributed by atoms with van der Waals surface area (Å²) in [5, 5.41) is 0. The molecule has 1 amide bonds. The summed E-state index contributed by atoms with van der Waals surface area (Å²) in [4.78, 5) is 19.1. The van der Waals surface area contributed by atoms with Crippen LogP contribution in [-0.2, 0) is 21.2 Å². The third-order valence-corrected chi connectivity index (χ3v) is 7.13. The lowest BCUT2D eigenvalue weighted by Crippen LogP contribution is -2.51. The molecule has 0 bridgehead atoms. The summed E-state index contributed by atoms with van der Waals surface area (Å²) in [5.41, 5.74) is 1.32. The number of amides is 1. The highest BCUT2D eigenvalue weighted by Gasteiger charge is 2.34. The quantitative estimate of drug-likeness (QED) is 0.733. The molecule has 6 nitrogen and oxygen atoms in total. The highest BCUT2D eigenvalue weighted by molar-refractivity contribution is 7.91. The zero-order chi connectivity index (χ0) is 18.6. The molecule has 0 saturated carbocycles. The Hall–Kier alpha value is -1.44. The minimum atomic E-state index is -2.97. The number of rotatable bonds is 6. The van der Waals surface area contributed by atoms with Crippen LogP contribution < -0.4 is 0 Å². The molecule has 144 valence electrons. The molecular weight excluding hydrogens is 350 g/mol. The fourth-order valence-corrected chi connectivity index (χ4v) is 5.62. The summed E-state index contributed by atoms with van der Waals surface area (Å²) in [6.07, 6.45) is 0.576.